The number of carbonyl (C=O) groups excluding carboxylic acids is 2. The Morgan fingerprint density at radius 1 is 1.07 bits per heavy atom. The number of likely N-dealkylation sites (tertiary alicyclic amines) is 1. The molecule has 0 saturated carbocycles. The summed E-state index contributed by atoms with van der Waals surface area (Å²) in [5.74, 6) is -0.344. The lowest BCUT2D eigenvalue weighted by atomic mass is 10.1. The molecule has 6 nitrogen and oxygen atoms in total. The van der Waals surface area contributed by atoms with E-state index in [4.69, 9.17) is 4.74 Å². The number of amides is 1. The van der Waals surface area contributed by atoms with Gasteiger partial charge in [0, 0.05) is 25.3 Å². The van der Waals surface area contributed by atoms with Gasteiger partial charge in [-0.15, -0.1) is 0 Å². The number of carbonyl (C=O) groups is 2. The number of hydrogen-bond acceptors (Lipinski definition) is 4. The van der Waals surface area contributed by atoms with Crippen molar-refractivity contribution in [3.8, 4) is 0 Å². The molecule has 1 fully saturated rings. The van der Waals surface area contributed by atoms with E-state index in [-0.39, 0.29) is 11.9 Å². The highest BCUT2D eigenvalue weighted by Crippen LogP contribution is 2.26. The third-order valence-corrected chi connectivity index (χ3v) is 5.42. The summed E-state index contributed by atoms with van der Waals surface area (Å²) < 4.78 is 5.50. The lowest BCUT2D eigenvalue weighted by Crippen LogP contribution is -2.40. The van der Waals surface area contributed by atoms with Gasteiger partial charge in [0.05, 0.1) is 5.56 Å². The number of H-pyrrole nitrogens is 1. The number of aryl methyl sites for hydroxylation is 1. The molecule has 1 saturated heterocycles. The van der Waals surface area contributed by atoms with Crippen molar-refractivity contribution in [2.75, 3.05) is 32.7 Å². The summed E-state index contributed by atoms with van der Waals surface area (Å²) in [6.07, 6.45) is 5.53. The summed E-state index contributed by atoms with van der Waals surface area (Å²) in [7, 11) is 0. The molecule has 0 spiro atoms. The van der Waals surface area contributed by atoms with Crippen molar-refractivity contribution in [1.82, 2.24) is 14.8 Å². The predicted octanol–water partition coefficient (Wildman–Crippen LogP) is 3.15. The molecule has 27 heavy (non-hydrogen) atoms. The van der Waals surface area contributed by atoms with Gasteiger partial charge < -0.3 is 19.5 Å². The molecule has 1 amide bonds. The largest absolute Gasteiger partial charge is 0.455 e. The molecule has 0 unspecified atom stereocenters. The molecular weight excluding hydrogens is 342 g/mol. The monoisotopic (exact) mass is 375 g/mol. The number of ether oxygens (including phenoxy) is 1. The number of piperidine rings is 1. The molecular formula is C21H33N3O3. The molecule has 1 aromatic heterocycles. The molecule has 6 heteroatoms. The Morgan fingerprint density at radius 2 is 1.78 bits per heavy atom. The number of hydrogen-bond donors (Lipinski definition) is 1. The number of nitrogens with one attached hydrogen (secondary N) is 1. The summed E-state index contributed by atoms with van der Waals surface area (Å²) in [5, 5.41) is 0. The molecule has 0 radical (unpaired) electrons. The van der Waals surface area contributed by atoms with Crippen LogP contribution in [0.3, 0.4) is 0 Å². The molecule has 1 N–H and O–H groups in total. The lowest BCUT2D eigenvalue weighted by Gasteiger charge is -2.29. The summed E-state index contributed by atoms with van der Waals surface area (Å²) in [5.41, 5.74) is 2.12. The molecule has 0 aliphatic carbocycles. The standard InChI is InChI=1S/C21H33N3O3/c1-15-17-16(22-18(15)20(26)27-21(2,3)4)9-8-12-24(19(17)25)14-13-23-10-6-5-7-11-23/h22H,5-14H2,1-4H3. The van der Waals surface area contributed by atoms with Gasteiger partial charge in [-0.25, -0.2) is 4.79 Å². The fourth-order valence-electron chi connectivity index (χ4n) is 4.03. The minimum absolute atomic E-state index is 0.0445. The first-order chi connectivity index (χ1) is 12.8. The van der Waals surface area contributed by atoms with Gasteiger partial charge in [0.1, 0.15) is 11.3 Å². The molecule has 3 heterocycles. The normalized spacial score (nSPS) is 19.0. The van der Waals surface area contributed by atoms with Crippen LogP contribution in [0.15, 0.2) is 0 Å². The van der Waals surface area contributed by atoms with Crippen LogP contribution in [0.5, 0.6) is 0 Å². The highest BCUT2D eigenvalue weighted by Gasteiger charge is 2.31. The van der Waals surface area contributed by atoms with Crippen LogP contribution in [-0.2, 0) is 11.2 Å². The maximum Gasteiger partial charge on any atom is 0.355 e. The van der Waals surface area contributed by atoms with E-state index >= 15 is 0 Å². The van der Waals surface area contributed by atoms with E-state index in [0.29, 0.717) is 16.8 Å². The Balaban J connectivity index is 1.74. The first-order valence-electron chi connectivity index (χ1n) is 10.2. The second kappa shape index (κ2) is 8.05. The third kappa shape index (κ3) is 4.72. The maximum atomic E-state index is 13.2. The Morgan fingerprint density at radius 3 is 2.44 bits per heavy atom. The molecule has 2 aliphatic rings. The second-order valence-corrected chi connectivity index (χ2v) is 8.78. The van der Waals surface area contributed by atoms with Crippen LogP contribution < -0.4 is 0 Å². The Labute approximate surface area is 162 Å². The average Bonchev–Trinajstić information content (AvgIpc) is 2.84. The van der Waals surface area contributed by atoms with Crippen LogP contribution >= 0.6 is 0 Å². The summed E-state index contributed by atoms with van der Waals surface area (Å²) >= 11 is 0. The van der Waals surface area contributed by atoms with E-state index in [1.165, 1.54) is 19.3 Å². The first kappa shape index (κ1) is 19.9. The van der Waals surface area contributed by atoms with E-state index in [2.05, 4.69) is 9.88 Å². The van der Waals surface area contributed by atoms with Gasteiger partial charge in [-0.1, -0.05) is 6.42 Å². The quantitative estimate of drug-likeness (QED) is 0.821. The van der Waals surface area contributed by atoms with Gasteiger partial charge in [0.15, 0.2) is 0 Å². The molecule has 0 bridgehead atoms. The lowest BCUT2D eigenvalue weighted by molar-refractivity contribution is 0.00626. The Kier molecular flexibility index (Phi) is 5.94. The van der Waals surface area contributed by atoms with Crippen LogP contribution in [0.1, 0.15) is 78.6 Å². The van der Waals surface area contributed by atoms with Gasteiger partial charge in [-0.05, 0) is 72.0 Å². The summed E-state index contributed by atoms with van der Waals surface area (Å²) in [6, 6.07) is 0. The van der Waals surface area contributed by atoms with Gasteiger partial charge in [0.2, 0.25) is 0 Å². The molecule has 2 aliphatic heterocycles. The smallest absolute Gasteiger partial charge is 0.355 e. The number of fused-ring (bicyclic) bond motifs is 1. The van der Waals surface area contributed by atoms with Crippen molar-refractivity contribution in [2.45, 2.75) is 65.4 Å². The number of esters is 1. The van der Waals surface area contributed by atoms with Crippen molar-refractivity contribution in [2.24, 2.45) is 0 Å². The van der Waals surface area contributed by atoms with Crippen molar-refractivity contribution < 1.29 is 14.3 Å². The van der Waals surface area contributed by atoms with Gasteiger partial charge in [0.25, 0.3) is 5.91 Å². The molecule has 1 aromatic rings. The zero-order chi connectivity index (χ0) is 19.6. The third-order valence-electron chi connectivity index (χ3n) is 5.42. The van der Waals surface area contributed by atoms with Crippen molar-refractivity contribution >= 4 is 11.9 Å². The Bertz CT molecular complexity index is 696. The fourth-order valence-corrected chi connectivity index (χ4v) is 4.03. The van der Waals surface area contributed by atoms with Crippen molar-refractivity contribution in [1.29, 1.82) is 0 Å². The van der Waals surface area contributed by atoms with Gasteiger partial charge in [-0.3, -0.25) is 4.79 Å². The summed E-state index contributed by atoms with van der Waals surface area (Å²) in [6.45, 7) is 12.1. The second-order valence-electron chi connectivity index (χ2n) is 8.78. The average molecular weight is 376 g/mol. The van der Waals surface area contributed by atoms with Gasteiger partial charge in [-0.2, -0.15) is 0 Å². The van der Waals surface area contributed by atoms with Crippen LogP contribution in [0.25, 0.3) is 0 Å². The highest BCUT2D eigenvalue weighted by molar-refractivity contribution is 6.01. The van der Waals surface area contributed by atoms with E-state index in [1.807, 2.05) is 32.6 Å². The minimum Gasteiger partial charge on any atom is -0.455 e. The SMILES string of the molecule is Cc1c(C(=O)OC(C)(C)C)[nH]c2c1C(=O)N(CCN1CCCCC1)CCC2. The molecule has 150 valence electrons. The molecule has 3 rings (SSSR count). The van der Waals surface area contributed by atoms with Gasteiger partial charge >= 0.3 is 5.97 Å². The Hall–Kier alpha value is -1.82. The minimum atomic E-state index is -0.559. The number of aromatic amines is 1. The molecule has 0 aromatic carbocycles. The van der Waals surface area contributed by atoms with E-state index in [0.717, 1.165) is 51.3 Å². The van der Waals surface area contributed by atoms with E-state index in [1.54, 1.807) is 0 Å². The number of nitrogens with zero attached hydrogens (tertiary/aromatic N) is 2. The van der Waals surface area contributed by atoms with Crippen molar-refractivity contribution in [3.05, 3.63) is 22.5 Å². The highest BCUT2D eigenvalue weighted by atomic mass is 16.6. The van der Waals surface area contributed by atoms with Crippen LogP contribution in [0, 0.1) is 6.92 Å². The topological polar surface area (TPSA) is 65.6 Å². The van der Waals surface area contributed by atoms with Crippen molar-refractivity contribution in [3.63, 3.8) is 0 Å². The van der Waals surface area contributed by atoms with Crippen LogP contribution in [-0.4, -0.2) is 65.0 Å². The van der Waals surface area contributed by atoms with Crippen LogP contribution in [0.4, 0.5) is 0 Å². The maximum absolute atomic E-state index is 13.2. The summed E-state index contributed by atoms with van der Waals surface area (Å²) in [4.78, 5) is 33.3. The number of rotatable bonds is 4. The number of aromatic nitrogens is 1. The zero-order valence-electron chi connectivity index (χ0n) is 17.2. The predicted molar refractivity (Wildman–Crippen MR) is 105 cm³/mol. The van der Waals surface area contributed by atoms with E-state index in [9.17, 15) is 9.59 Å². The zero-order valence-corrected chi connectivity index (χ0v) is 17.2. The molecule has 0 atom stereocenters. The van der Waals surface area contributed by atoms with E-state index < -0.39 is 5.60 Å². The van der Waals surface area contributed by atoms with Crippen LogP contribution in [0.2, 0.25) is 0 Å². The first-order valence-corrected chi connectivity index (χ1v) is 10.2. The fraction of sp³-hybridized carbons (Fsp3) is 0.714.